The van der Waals surface area contributed by atoms with Gasteiger partial charge >= 0.3 is 6.09 Å². The number of nitrogens with zero attached hydrogens (tertiary/aromatic N) is 1. The number of carbonyl (C=O) groups is 2. The smallest absolute Gasteiger partial charge is 0.417 e. The third kappa shape index (κ3) is 4.42. The van der Waals surface area contributed by atoms with Crippen LogP contribution in [0.15, 0.2) is 91.0 Å². The molecule has 6 rings (SSSR count). The minimum Gasteiger partial charge on any atom is -0.443 e. The van der Waals surface area contributed by atoms with E-state index in [0.717, 1.165) is 18.4 Å². The Balaban J connectivity index is 1.32. The van der Waals surface area contributed by atoms with Gasteiger partial charge in [-0.15, -0.1) is 0 Å². The number of hydrogen-bond acceptors (Lipinski definition) is 4. The van der Waals surface area contributed by atoms with Crippen LogP contribution in [0.2, 0.25) is 5.04 Å². The molecule has 6 heteroatoms. The molecule has 3 aromatic rings. The molecule has 208 valence electrons. The van der Waals surface area contributed by atoms with Crippen molar-refractivity contribution < 1.29 is 18.8 Å². The zero-order valence-corrected chi connectivity index (χ0v) is 24.8. The summed E-state index contributed by atoms with van der Waals surface area (Å²) < 4.78 is 13.4. The predicted octanol–water partition coefficient (Wildman–Crippen LogP) is 5.88. The monoisotopic (exact) mass is 553 g/mol. The molecular formula is C34H39NO4Si. The standard InChI is InChI=1S/C34H39NO4Si/c1-23(24-14-8-5-9-15-24)20-30(36)35-31-28-21-25(32(31)38-33(35)37)22-29(28)39-40(34(2,3)4,26-16-10-6-11-17-26)27-18-12-7-13-19-27/h5-19,23,25,28-29,31-32H,20-22H2,1-4H3/t23-,25+,28-,29+,31+,32-/m1/s1. The van der Waals surface area contributed by atoms with Gasteiger partial charge in [0.25, 0.3) is 8.32 Å². The van der Waals surface area contributed by atoms with Gasteiger partial charge in [-0.3, -0.25) is 4.79 Å². The molecule has 2 aliphatic carbocycles. The van der Waals surface area contributed by atoms with Crippen molar-refractivity contribution in [2.45, 2.75) is 76.2 Å². The Morgan fingerprint density at radius 3 is 2.02 bits per heavy atom. The van der Waals surface area contributed by atoms with Gasteiger partial charge in [-0.2, -0.15) is 0 Å². The number of fused-ring (bicyclic) bond motifs is 5. The SMILES string of the molecule is C[C@H](CC(=O)N1C(=O)O[C@@H]2[C@H]3C[C@@H]([C@@H]21)[C@@H](O[Si](c1ccccc1)(c1ccccc1)C(C)(C)C)C3)c1ccccc1. The van der Waals surface area contributed by atoms with Crippen LogP contribution in [0, 0.1) is 11.8 Å². The van der Waals surface area contributed by atoms with Crippen LogP contribution in [0.3, 0.4) is 0 Å². The van der Waals surface area contributed by atoms with Crippen molar-refractivity contribution in [2.24, 2.45) is 11.8 Å². The highest BCUT2D eigenvalue weighted by molar-refractivity contribution is 6.99. The van der Waals surface area contributed by atoms with Crippen molar-refractivity contribution in [1.29, 1.82) is 0 Å². The van der Waals surface area contributed by atoms with Crippen LogP contribution in [-0.2, 0) is 14.0 Å². The van der Waals surface area contributed by atoms with Crippen LogP contribution in [-0.4, -0.2) is 43.5 Å². The van der Waals surface area contributed by atoms with E-state index in [1.807, 2.05) is 37.3 Å². The molecule has 1 aliphatic heterocycles. The van der Waals surface area contributed by atoms with Crippen molar-refractivity contribution in [3.05, 3.63) is 96.6 Å². The number of benzene rings is 3. The third-order valence-electron chi connectivity index (χ3n) is 9.42. The van der Waals surface area contributed by atoms with Crippen molar-refractivity contribution in [3.8, 4) is 0 Å². The van der Waals surface area contributed by atoms with E-state index in [-0.39, 0.29) is 53.4 Å². The average molecular weight is 554 g/mol. The van der Waals surface area contributed by atoms with Gasteiger partial charge in [0, 0.05) is 18.3 Å². The summed E-state index contributed by atoms with van der Waals surface area (Å²) in [5.41, 5.74) is 1.10. The highest BCUT2D eigenvalue weighted by Crippen LogP contribution is 2.54. The molecule has 6 atom stereocenters. The van der Waals surface area contributed by atoms with E-state index < -0.39 is 14.4 Å². The maximum absolute atomic E-state index is 13.6. The van der Waals surface area contributed by atoms with E-state index >= 15 is 0 Å². The molecule has 3 fully saturated rings. The van der Waals surface area contributed by atoms with Crippen molar-refractivity contribution in [1.82, 2.24) is 4.90 Å². The van der Waals surface area contributed by atoms with Crippen LogP contribution in [0.4, 0.5) is 4.79 Å². The zero-order valence-electron chi connectivity index (χ0n) is 23.8. The molecule has 3 aliphatic rings. The summed E-state index contributed by atoms with van der Waals surface area (Å²) in [4.78, 5) is 28.2. The minimum absolute atomic E-state index is 0.0169. The van der Waals surface area contributed by atoms with Crippen LogP contribution in [0.1, 0.15) is 58.4 Å². The lowest BCUT2D eigenvalue weighted by Crippen LogP contribution is -2.68. The number of carbonyl (C=O) groups excluding carboxylic acids is 2. The second kappa shape index (κ2) is 10.3. The molecule has 40 heavy (non-hydrogen) atoms. The van der Waals surface area contributed by atoms with Gasteiger partial charge in [-0.1, -0.05) is 119 Å². The topological polar surface area (TPSA) is 55.8 Å². The van der Waals surface area contributed by atoms with Crippen LogP contribution in [0.25, 0.3) is 0 Å². The first-order chi connectivity index (χ1) is 19.2. The van der Waals surface area contributed by atoms with Crippen LogP contribution >= 0.6 is 0 Å². The number of ether oxygens (including phenoxy) is 1. The molecule has 3 aromatic carbocycles. The van der Waals surface area contributed by atoms with Gasteiger partial charge in [-0.05, 0) is 39.7 Å². The van der Waals surface area contributed by atoms with Gasteiger partial charge in [0.1, 0.15) is 6.10 Å². The van der Waals surface area contributed by atoms with Crippen LogP contribution < -0.4 is 10.4 Å². The van der Waals surface area contributed by atoms with Gasteiger partial charge in [-0.25, -0.2) is 9.69 Å². The summed E-state index contributed by atoms with van der Waals surface area (Å²) in [6.07, 6.45) is 1.29. The van der Waals surface area contributed by atoms with E-state index in [4.69, 9.17) is 9.16 Å². The molecule has 0 N–H and O–H groups in total. The molecule has 2 saturated carbocycles. The largest absolute Gasteiger partial charge is 0.443 e. The highest BCUT2D eigenvalue weighted by atomic mass is 28.4. The summed E-state index contributed by atoms with van der Waals surface area (Å²) in [6, 6.07) is 31.1. The molecule has 5 nitrogen and oxygen atoms in total. The first kappa shape index (κ1) is 27.0. The molecule has 0 unspecified atom stereocenters. The van der Waals surface area contributed by atoms with E-state index in [1.54, 1.807) is 0 Å². The third-order valence-corrected chi connectivity index (χ3v) is 14.5. The lowest BCUT2D eigenvalue weighted by Gasteiger charge is -2.47. The Hall–Kier alpha value is -3.22. The van der Waals surface area contributed by atoms with Gasteiger partial charge in [0.2, 0.25) is 5.91 Å². The Bertz CT molecular complexity index is 1320. The van der Waals surface area contributed by atoms with Crippen molar-refractivity contribution in [2.75, 3.05) is 0 Å². The number of amides is 2. The second-order valence-corrected chi connectivity index (χ2v) is 17.1. The summed E-state index contributed by atoms with van der Waals surface area (Å²) >= 11 is 0. The van der Waals surface area contributed by atoms with Crippen LogP contribution in [0.5, 0.6) is 0 Å². The number of rotatable bonds is 7. The normalized spacial score (nSPS) is 26.4. The lowest BCUT2D eigenvalue weighted by molar-refractivity contribution is -0.130. The Kier molecular flexibility index (Phi) is 6.95. The van der Waals surface area contributed by atoms with E-state index in [0.29, 0.717) is 0 Å². The van der Waals surface area contributed by atoms with Gasteiger partial charge in [0.15, 0.2) is 0 Å². The molecule has 2 bridgehead atoms. The fourth-order valence-corrected chi connectivity index (χ4v) is 12.3. The molecule has 0 radical (unpaired) electrons. The van der Waals surface area contributed by atoms with Crippen molar-refractivity contribution >= 4 is 30.7 Å². The van der Waals surface area contributed by atoms with Crippen molar-refractivity contribution in [3.63, 3.8) is 0 Å². The number of hydrogen-bond donors (Lipinski definition) is 0. The zero-order chi connectivity index (χ0) is 28.1. The summed E-state index contributed by atoms with van der Waals surface area (Å²) in [6.45, 7) is 8.91. The Morgan fingerprint density at radius 1 is 0.925 bits per heavy atom. The molecule has 2 amide bonds. The molecular weight excluding hydrogens is 514 g/mol. The molecule has 0 aromatic heterocycles. The second-order valence-electron chi connectivity index (χ2n) is 12.8. The Morgan fingerprint density at radius 2 is 1.48 bits per heavy atom. The predicted molar refractivity (Wildman–Crippen MR) is 159 cm³/mol. The maximum atomic E-state index is 13.6. The first-order valence-electron chi connectivity index (χ1n) is 14.6. The quantitative estimate of drug-likeness (QED) is 0.343. The summed E-state index contributed by atoms with van der Waals surface area (Å²) in [7, 11) is -2.76. The first-order valence-corrected chi connectivity index (χ1v) is 16.5. The Labute approximate surface area is 238 Å². The fraction of sp³-hybridized carbons (Fsp3) is 0.412. The lowest BCUT2D eigenvalue weighted by atomic mass is 9.89. The van der Waals surface area contributed by atoms with E-state index in [2.05, 4.69) is 81.4 Å². The number of imide groups is 1. The summed E-state index contributed by atoms with van der Waals surface area (Å²) in [5, 5.41) is 2.35. The molecule has 1 saturated heterocycles. The summed E-state index contributed by atoms with van der Waals surface area (Å²) in [5.74, 6) is 0.152. The van der Waals surface area contributed by atoms with E-state index in [1.165, 1.54) is 15.3 Å². The van der Waals surface area contributed by atoms with E-state index in [9.17, 15) is 9.59 Å². The fourth-order valence-electron chi connectivity index (χ4n) is 7.60. The van der Waals surface area contributed by atoms with Gasteiger partial charge in [0.05, 0.1) is 12.1 Å². The van der Waals surface area contributed by atoms with Gasteiger partial charge < -0.3 is 9.16 Å². The molecule has 0 spiro atoms. The minimum atomic E-state index is -2.76. The highest BCUT2D eigenvalue weighted by Gasteiger charge is 2.65. The average Bonchev–Trinajstić information content (AvgIpc) is 3.62. The maximum Gasteiger partial charge on any atom is 0.417 e. The molecule has 1 heterocycles.